The van der Waals surface area contributed by atoms with E-state index in [9.17, 15) is 29.1 Å². The molecule has 0 aromatic carbocycles. The van der Waals surface area contributed by atoms with E-state index in [1.165, 1.54) is 16.7 Å². The second-order valence-electron chi connectivity index (χ2n) is 8.34. The minimum atomic E-state index is -1.18. The Labute approximate surface area is 192 Å². The lowest BCUT2D eigenvalue weighted by molar-refractivity contribution is -0.145. The van der Waals surface area contributed by atoms with E-state index in [2.05, 4.69) is 10.6 Å². The fraction of sp³-hybridized carbons (Fsp3) is 0.750. The highest BCUT2D eigenvalue weighted by Crippen LogP contribution is 2.21. The summed E-state index contributed by atoms with van der Waals surface area (Å²) < 4.78 is 0. The molecule has 0 aromatic heterocycles. The van der Waals surface area contributed by atoms with Crippen LogP contribution in [0.2, 0.25) is 0 Å². The van der Waals surface area contributed by atoms with Gasteiger partial charge in [-0.1, -0.05) is 13.8 Å². The fourth-order valence-electron chi connectivity index (χ4n) is 3.55. The largest absolute Gasteiger partial charge is 0.480 e. The van der Waals surface area contributed by atoms with Crippen molar-refractivity contribution in [1.29, 1.82) is 0 Å². The number of aliphatic carboxylic acids is 1. The van der Waals surface area contributed by atoms with Crippen molar-refractivity contribution < 1.29 is 29.1 Å². The Bertz CT molecular complexity index is 704. The summed E-state index contributed by atoms with van der Waals surface area (Å²) in [5.41, 5.74) is 10.8. The van der Waals surface area contributed by atoms with Gasteiger partial charge in [0.05, 0.1) is 12.5 Å². The van der Waals surface area contributed by atoms with Crippen molar-refractivity contribution in [3.8, 4) is 0 Å². The van der Waals surface area contributed by atoms with Gasteiger partial charge in [0.25, 0.3) is 0 Å². The molecule has 4 atom stereocenters. The Morgan fingerprint density at radius 2 is 1.81 bits per heavy atom. The summed E-state index contributed by atoms with van der Waals surface area (Å²) in [7, 11) is 0. The molecule has 7 N–H and O–H groups in total. The van der Waals surface area contributed by atoms with E-state index in [0.717, 1.165) is 0 Å². The number of carbonyl (C=O) groups is 5. The van der Waals surface area contributed by atoms with E-state index < -0.39 is 53.8 Å². The third-order valence-corrected chi connectivity index (χ3v) is 5.79. The van der Waals surface area contributed by atoms with Crippen molar-refractivity contribution in [2.24, 2.45) is 17.4 Å². The fourth-order valence-corrected chi connectivity index (χ4v) is 4.02. The van der Waals surface area contributed by atoms with Crippen molar-refractivity contribution in [3.05, 3.63) is 0 Å². The van der Waals surface area contributed by atoms with Gasteiger partial charge in [0.1, 0.15) is 18.1 Å². The number of rotatable bonds is 13. The molecule has 0 aliphatic carbocycles. The maximum absolute atomic E-state index is 13.2. The number of nitrogens with zero attached hydrogens (tertiary/aromatic N) is 1. The van der Waals surface area contributed by atoms with Gasteiger partial charge in [-0.25, -0.2) is 4.79 Å². The highest BCUT2D eigenvalue weighted by molar-refractivity contribution is 7.98. The zero-order valence-corrected chi connectivity index (χ0v) is 19.7. The maximum Gasteiger partial charge on any atom is 0.326 e. The van der Waals surface area contributed by atoms with E-state index >= 15 is 0 Å². The summed E-state index contributed by atoms with van der Waals surface area (Å²) >= 11 is 1.47. The van der Waals surface area contributed by atoms with Gasteiger partial charge in [-0.15, -0.1) is 0 Å². The highest BCUT2D eigenvalue weighted by atomic mass is 32.2. The number of carboxylic acids is 1. The van der Waals surface area contributed by atoms with Gasteiger partial charge in [-0.05, 0) is 43.6 Å². The Morgan fingerprint density at radius 3 is 2.34 bits per heavy atom. The molecule has 1 saturated heterocycles. The maximum atomic E-state index is 13.2. The summed E-state index contributed by atoms with van der Waals surface area (Å²) in [5, 5.41) is 14.5. The summed E-state index contributed by atoms with van der Waals surface area (Å²) in [5.74, 6) is -2.88. The zero-order chi connectivity index (χ0) is 24.4. The van der Waals surface area contributed by atoms with E-state index in [1.807, 2.05) is 20.1 Å². The van der Waals surface area contributed by atoms with Crippen LogP contribution in [0, 0.1) is 5.92 Å². The quantitative estimate of drug-likeness (QED) is 0.226. The lowest BCUT2D eigenvalue weighted by Gasteiger charge is -2.30. The van der Waals surface area contributed by atoms with Crippen molar-refractivity contribution in [1.82, 2.24) is 15.5 Å². The van der Waals surface area contributed by atoms with Crippen molar-refractivity contribution >= 4 is 41.4 Å². The SMILES string of the molecule is CSCCC(NC(=O)C1CCCN1C(=O)C(CC(C)C)NC(=O)C(N)CC(N)=O)C(=O)O. The van der Waals surface area contributed by atoms with Crippen LogP contribution in [0.3, 0.4) is 0 Å². The molecule has 1 rings (SSSR count). The number of carboxylic acid groups (broad SMARTS) is 1. The topological polar surface area (TPSA) is 185 Å². The van der Waals surface area contributed by atoms with Crippen molar-refractivity contribution in [3.63, 3.8) is 0 Å². The normalized spacial score (nSPS) is 18.7. The van der Waals surface area contributed by atoms with Crippen LogP contribution >= 0.6 is 11.8 Å². The van der Waals surface area contributed by atoms with E-state index in [4.69, 9.17) is 11.5 Å². The standard InChI is InChI=1S/C20H35N5O6S/c1-11(2)9-14(24-17(27)12(21)10-16(22)26)19(29)25-7-4-5-15(25)18(28)23-13(20(30)31)6-8-32-3/h11-15H,4-10,21H2,1-3H3,(H2,22,26)(H,23,28)(H,24,27)(H,30,31). The van der Waals surface area contributed by atoms with Crippen molar-refractivity contribution in [2.45, 2.75) is 70.1 Å². The Kier molecular flexibility index (Phi) is 11.5. The number of amides is 4. The number of primary amides is 1. The third kappa shape index (κ3) is 8.65. The zero-order valence-electron chi connectivity index (χ0n) is 18.8. The second kappa shape index (κ2) is 13.3. The molecule has 0 saturated carbocycles. The summed E-state index contributed by atoms with van der Waals surface area (Å²) in [6.45, 7) is 4.08. The molecule has 182 valence electrons. The molecule has 4 amide bonds. The van der Waals surface area contributed by atoms with E-state index in [1.54, 1.807) is 0 Å². The Hall–Kier alpha value is -2.34. The molecule has 32 heavy (non-hydrogen) atoms. The molecule has 0 aromatic rings. The van der Waals surface area contributed by atoms with Crippen LogP contribution < -0.4 is 22.1 Å². The first-order chi connectivity index (χ1) is 15.0. The average molecular weight is 474 g/mol. The third-order valence-electron chi connectivity index (χ3n) is 5.14. The summed E-state index contributed by atoms with van der Waals surface area (Å²) in [6, 6.07) is -3.96. The number of nitrogens with one attached hydrogen (secondary N) is 2. The van der Waals surface area contributed by atoms with Gasteiger partial charge in [0.15, 0.2) is 0 Å². The lowest BCUT2D eigenvalue weighted by atomic mass is 10.0. The molecule has 11 nitrogen and oxygen atoms in total. The first kappa shape index (κ1) is 27.7. The first-order valence-corrected chi connectivity index (χ1v) is 12.0. The molecule has 1 aliphatic rings. The number of nitrogens with two attached hydrogens (primary N) is 2. The number of thioether (sulfide) groups is 1. The predicted molar refractivity (Wildman–Crippen MR) is 120 cm³/mol. The van der Waals surface area contributed by atoms with Crippen LogP contribution in [0.5, 0.6) is 0 Å². The molecule has 4 unspecified atom stereocenters. The Balaban J connectivity index is 2.93. The van der Waals surface area contributed by atoms with Crippen LogP contribution in [0.25, 0.3) is 0 Å². The molecule has 0 radical (unpaired) electrons. The molecule has 1 fully saturated rings. The van der Waals surface area contributed by atoms with E-state index in [0.29, 0.717) is 31.6 Å². The van der Waals surface area contributed by atoms with Crippen LogP contribution in [-0.2, 0) is 24.0 Å². The summed E-state index contributed by atoms with van der Waals surface area (Å²) in [6.07, 6.45) is 3.05. The summed E-state index contributed by atoms with van der Waals surface area (Å²) in [4.78, 5) is 62.3. The highest BCUT2D eigenvalue weighted by Gasteiger charge is 2.39. The van der Waals surface area contributed by atoms with Crippen LogP contribution in [0.1, 0.15) is 46.0 Å². The minimum Gasteiger partial charge on any atom is -0.480 e. The lowest BCUT2D eigenvalue weighted by Crippen LogP contribution is -2.57. The number of likely N-dealkylation sites (tertiary alicyclic amines) is 1. The van der Waals surface area contributed by atoms with Gasteiger partial charge in [0, 0.05) is 6.54 Å². The Morgan fingerprint density at radius 1 is 1.16 bits per heavy atom. The van der Waals surface area contributed by atoms with Gasteiger partial charge in [-0.2, -0.15) is 11.8 Å². The van der Waals surface area contributed by atoms with E-state index in [-0.39, 0.29) is 18.8 Å². The molecule has 0 spiro atoms. The van der Waals surface area contributed by atoms with Crippen molar-refractivity contribution in [2.75, 3.05) is 18.6 Å². The molecular formula is C20H35N5O6S. The monoisotopic (exact) mass is 473 g/mol. The number of carbonyl (C=O) groups excluding carboxylic acids is 4. The van der Waals surface area contributed by atoms with Crippen LogP contribution in [-0.4, -0.2) is 82.3 Å². The molecule has 1 heterocycles. The molecular weight excluding hydrogens is 438 g/mol. The second-order valence-corrected chi connectivity index (χ2v) is 9.32. The van der Waals surface area contributed by atoms with Gasteiger partial charge < -0.3 is 32.1 Å². The number of hydrogen-bond donors (Lipinski definition) is 5. The van der Waals surface area contributed by atoms with Gasteiger partial charge >= 0.3 is 5.97 Å². The van der Waals surface area contributed by atoms with Crippen LogP contribution in [0.15, 0.2) is 0 Å². The minimum absolute atomic E-state index is 0.0504. The van der Waals surface area contributed by atoms with Gasteiger partial charge in [0.2, 0.25) is 23.6 Å². The molecule has 12 heteroatoms. The number of hydrogen-bond acceptors (Lipinski definition) is 7. The predicted octanol–water partition coefficient (Wildman–Crippen LogP) is -0.966. The van der Waals surface area contributed by atoms with Crippen LogP contribution in [0.4, 0.5) is 0 Å². The first-order valence-electron chi connectivity index (χ1n) is 10.6. The smallest absolute Gasteiger partial charge is 0.326 e. The molecule has 0 bridgehead atoms. The average Bonchev–Trinajstić information content (AvgIpc) is 3.18. The molecule has 1 aliphatic heterocycles. The van der Waals surface area contributed by atoms with Gasteiger partial charge in [-0.3, -0.25) is 19.2 Å².